The van der Waals surface area contributed by atoms with E-state index in [1.54, 1.807) is 0 Å². The summed E-state index contributed by atoms with van der Waals surface area (Å²) in [6, 6.07) is 8.19. The van der Waals surface area contributed by atoms with E-state index >= 15 is 0 Å². The fourth-order valence-electron chi connectivity index (χ4n) is 2.36. The van der Waals surface area contributed by atoms with E-state index in [-0.39, 0.29) is 29.4 Å². The van der Waals surface area contributed by atoms with E-state index in [0.717, 1.165) is 6.07 Å². The highest BCUT2D eigenvalue weighted by Gasteiger charge is 2.21. The summed E-state index contributed by atoms with van der Waals surface area (Å²) in [7, 11) is 0. The Morgan fingerprint density at radius 1 is 1.12 bits per heavy atom. The number of carbonyl (C=O) groups excluding carboxylic acids is 3. The van der Waals surface area contributed by atoms with Gasteiger partial charge in [-0.05, 0) is 25.1 Å². The fraction of sp³-hybridized carbons (Fsp3) is 0.167. The highest BCUT2D eigenvalue weighted by molar-refractivity contribution is 6.05. The van der Waals surface area contributed by atoms with Crippen molar-refractivity contribution in [1.82, 2.24) is 0 Å². The predicted molar refractivity (Wildman–Crippen MR) is 87.9 cm³/mol. The Hall–Kier alpha value is -3.42. The van der Waals surface area contributed by atoms with E-state index in [1.807, 2.05) is 0 Å². The molecule has 26 heavy (non-hydrogen) atoms. The summed E-state index contributed by atoms with van der Waals surface area (Å²) in [6.45, 7) is 0.717. The molecule has 134 valence electrons. The molecule has 8 heteroatoms. The van der Waals surface area contributed by atoms with Gasteiger partial charge in [-0.15, -0.1) is 0 Å². The monoisotopic (exact) mass is 359 g/mol. The lowest BCUT2D eigenvalue weighted by Gasteiger charge is -2.11. The molecule has 0 atom stereocenters. The van der Waals surface area contributed by atoms with Crippen LogP contribution < -0.4 is 14.8 Å². The Labute approximate surface area is 147 Å². The topological polar surface area (TPSA) is 90.9 Å². The lowest BCUT2D eigenvalue weighted by atomic mass is 10.1. The SMILES string of the molecule is CC(=O)c1cc2c(cc1NC(=O)COC(=O)c1ccccc1F)OCO2. The largest absolute Gasteiger partial charge is 0.454 e. The van der Waals surface area contributed by atoms with Gasteiger partial charge in [0, 0.05) is 11.6 Å². The number of fused-ring (bicyclic) bond motifs is 1. The van der Waals surface area contributed by atoms with Crippen molar-refractivity contribution in [3.05, 3.63) is 53.3 Å². The molecule has 1 aliphatic heterocycles. The summed E-state index contributed by atoms with van der Waals surface area (Å²) in [5, 5.41) is 2.48. The molecule has 7 nitrogen and oxygen atoms in total. The number of rotatable bonds is 5. The Bertz CT molecular complexity index is 895. The Kier molecular flexibility index (Phi) is 4.83. The molecule has 2 aromatic rings. The van der Waals surface area contributed by atoms with Crippen LogP contribution in [0.15, 0.2) is 36.4 Å². The number of anilines is 1. The zero-order valence-corrected chi connectivity index (χ0v) is 13.7. The third-order valence-corrected chi connectivity index (χ3v) is 3.59. The van der Waals surface area contributed by atoms with Crippen molar-refractivity contribution < 1.29 is 33.0 Å². The van der Waals surface area contributed by atoms with Crippen molar-refractivity contribution in [1.29, 1.82) is 0 Å². The maximum Gasteiger partial charge on any atom is 0.341 e. The summed E-state index contributed by atoms with van der Waals surface area (Å²) in [4.78, 5) is 35.6. The van der Waals surface area contributed by atoms with Crippen LogP contribution in [-0.4, -0.2) is 31.1 Å². The van der Waals surface area contributed by atoms with E-state index < -0.39 is 24.3 Å². The van der Waals surface area contributed by atoms with Crippen molar-refractivity contribution in [2.24, 2.45) is 0 Å². The molecule has 0 saturated heterocycles. The number of carbonyl (C=O) groups is 3. The minimum Gasteiger partial charge on any atom is -0.454 e. The van der Waals surface area contributed by atoms with Gasteiger partial charge in [0.25, 0.3) is 5.91 Å². The molecule has 0 radical (unpaired) electrons. The van der Waals surface area contributed by atoms with Crippen LogP contribution in [-0.2, 0) is 9.53 Å². The third-order valence-electron chi connectivity index (χ3n) is 3.59. The van der Waals surface area contributed by atoms with Gasteiger partial charge in [-0.25, -0.2) is 9.18 Å². The zero-order chi connectivity index (χ0) is 18.7. The average Bonchev–Trinajstić information content (AvgIpc) is 3.06. The molecule has 1 aliphatic rings. The van der Waals surface area contributed by atoms with Gasteiger partial charge < -0.3 is 19.5 Å². The molecule has 1 heterocycles. The molecule has 1 N–H and O–H groups in total. The molecule has 0 aromatic heterocycles. The van der Waals surface area contributed by atoms with Gasteiger partial charge in [-0.1, -0.05) is 12.1 Å². The molecular weight excluding hydrogens is 345 g/mol. The smallest absolute Gasteiger partial charge is 0.341 e. The third kappa shape index (κ3) is 3.64. The number of hydrogen-bond acceptors (Lipinski definition) is 6. The van der Waals surface area contributed by atoms with Gasteiger partial charge in [0.15, 0.2) is 23.9 Å². The standard InChI is InChI=1S/C18H14FNO6/c1-10(21)12-6-15-16(26-9-25-15)7-14(12)20-17(22)8-24-18(23)11-4-2-3-5-13(11)19/h2-7H,8-9H2,1H3,(H,20,22). The first-order chi connectivity index (χ1) is 12.5. The van der Waals surface area contributed by atoms with Crippen LogP contribution in [0.1, 0.15) is 27.6 Å². The number of ether oxygens (including phenoxy) is 3. The highest BCUT2D eigenvalue weighted by Crippen LogP contribution is 2.37. The Balaban J connectivity index is 1.68. The number of esters is 1. The number of Topliss-reactive ketones (excluding diaryl/α,β-unsaturated/α-hetero) is 1. The van der Waals surface area contributed by atoms with Crippen molar-refractivity contribution in [2.45, 2.75) is 6.92 Å². The van der Waals surface area contributed by atoms with Crippen LogP contribution >= 0.6 is 0 Å². The van der Waals surface area contributed by atoms with E-state index in [9.17, 15) is 18.8 Å². The molecule has 0 saturated carbocycles. The van der Waals surface area contributed by atoms with Crippen molar-refractivity contribution >= 4 is 23.3 Å². The van der Waals surface area contributed by atoms with Gasteiger partial charge >= 0.3 is 5.97 Å². The van der Waals surface area contributed by atoms with Crippen molar-refractivity contribution in [3.63, 3.8) is 0 Å². The zero-order valence-electron chi connectivity index (χ0n) is 13.7. The summed E-state index contributed by atoms with van der Waals surface area (Å²) < 4.78 is 28.7. The summed E-state index contributed by atoms with van der Waals surface area (Å²) in [5.74, 6) is -1.89. The minimum absolute atomic E-state index is 0.0182. The van der Waals surface area contributed by atoms with Gasteiger partial charge in [0.2, 0.25) is 6.79 Å². The van der Waals surface area contributed by atoms with Crippen LogP contribution in [0.25, 0.3) is 0 Å². The summed E-state index contributed by atoms with van der Waals surface area (Å²) in [5.41, 5.74) is 0.157. The molecular formula is C18H14FNO6. The van der Waals surface area contributed by atoms with Crippen LogP contribution in [0, 0.1) is 5.82 Å². The molecule has 3 rings (SSSR count). The van der Waals surface area contributed by atoms with Crippen LogP contribution in [0.2, 0.25) is 0 Å². The molecule has 0 spiro atoms. The lowest BCUT2D eigenvalue weighted by Crippen LogP contribution is -2.22. The van der Waals surface area contributed by atoms with E-state index in [4.69, 9.17) is 14.2 Å². The van der Waals surface area contributed by atoms with Gasteiger partial charge in [-0.2, -0.15) is 0 Å². The fourth-order valence-corrected chi connectivity index (χ4v) is 2.36. The Morgan fingerprint density at radius 3 is 2.50 bits per heavy atom. The first kappa shape index (κ1) is 17.4. The lowest BCUT2D eigenvalue weighted by molar-refractivity contribution is -0.119. The molecule has 0 bridgehead atoms. The Morgan fingerprint density at radius 2 is 1.81 bits per heavy atom. The van der Waals surface area contributed by atoms with Crippen molar-refractivity contribution in [3.8, 4) is 11.5 Å². The number of halogens is 1. The van der Waals surface area contributed by atoms with Crippen LogP contribution in [0.5, 0.6) is 11.5 Å². The number of ketones is 1. The van der Waals surface area contributed by atoms with E-state index in [2.05, 4.69) is 5.32 Å². The van der Waals surface area contributed by atoms with Gasteiger partial charge in [0.1, 0.15) is 5.82 Å². The maximum absolute atomic E-state index is 13.5. The van der Waals surface area contributed by atoms with Gasteiger partial charge in [0.05, 0.1) is 11.3 Å². The number of amides is 1. The molecule has 1 amide bonds. The maximum atomic E-state index is 13.5. The first-order valence-corrected chi connectivity index (χ1v) is 7.62. The summed E-state index contributed by atoms with van der Waals surface area (Å²) >= 11 is 0. The quantitative estimate of drug-likeness (QED) is 0.652. The van der Waals surface area contributed by atoms with E-state index in [0.29, 0.717) is 11.5 Å². The number of benzene rings is 2. The average molecular weight is 359 g/mol. The normalized spacial score (nSPS) is 11.8. The number of hydrogen-bond donors (Lipinski definition) is 1. The number of nitrogens with one attached hydrogen (secondary N) is 1. The van der Waals surface area contributed by atoms with Crippen molar-refractivity contribution in [2.75, 3.05) is 18.7 Å². The minimum atomic E-state index is -0.962. The molecule has 0 fully saturated rings. The molecule has 2 aromatic carbocycles. The van der Waals surface area contributed by atoms with Gasteiger partial charge in [-0.3, -0.25) is 9.59 Å². The van der Waals surface area contributed by atoms with Crippen LogP contribution in [0.3, 0.4) is 0 Å². The predicted octanol–water partition coefficient (Wildman–Crippen LogP) is 2.55. The summed E-state index contributed by atoms with van der Waals surface area (Å²) in [6.07, 6.45) is 0. The molecule has 0 aliphatic carbocycles. The van der Waals surface area contributed by atoms with Crippen LogP contribution in [0.4, 0.5) is 10.1 Å². The highest BCUT2D eigenvalue weighted by atomic mass is 19.1. The van der Waals surface area contributed by atoms with E-state index in [1.165, 1.54) is 37.3 Å². The second kappa shape index (κ2) is 7.22. The second-order valence-corrected chi connectivity index (χ2v) is 5.41. The second-order valence-electron chi connectivity index (χ2n) is 5.41. The molecule has 0 unspecified atom stereocenters. The first-order valence-electron chi connectivity index (χ1n) is 7.62.